The highest BCUT2D eigenvalue weighted by atomic mass is 16.2. The van der Waals surface area contributed by atoms with Gasteiger partial charge in [-0.15, -0.1) is 0 Å². The molecule has 0 bridgehead atoms. The quantitative estimate of drug-likeness (QED) is 0.677. The lowest BCUT2D eigenvalue weighted by molar-refractivity contribution is -0.127. The molecule has 96 valence electrons. The molecule has 18 heavy (non-hydrogen) atoms. The molecule has 1 aliphatic heterocycles. The summed E-state index contributed by atoms with van der Waals surface area (Å²) in [7, 11) is 3.45. The fourth-order valence-electron chi connectivity index (χ4n) is 1.82. The van der Waals surface area contributed by atoms with E-state index < -0.39 is 6.04 Å². The predicted molar refractivity (Wildman–Crippen MR) is 68.9 cm³/mol. The highest BCUT2D eigenvalue weighted by Gasteiger charge is 2.27. The van der Waals surface area contributed by atoms with Gasteiger partial charge in [-0.1, -0.05) is 12.1 Å². The molecule has 0 aliphatic carbocycles. The molecule has 1 unspecified atom stereocenters. The van der Waals surface area contributed by atoms with E-state index in [1.165, 1.54) is 0 Å². The molecule has 1 aliphatic rings. The average molecular weight is 248 g/mol. The zero-order valence-electron chi connectivity index (χ0n) is 10.4. The number of hydrogen-bond acceptors (Lipinski definition) is 4. The van der Waals surface area contributed by atoms with Gasteiger partial charge in [0, 0.05) is 14.1 Å². The summed E-state index contributed by atoms with van der Waals surface area (Å²) in [5.41, 5.74) is 4.18. The van der Waals surface area contributed by atoms with Gasteiger partial charge in [-0.3, -0.25) is 15.0 Å². The van der Waals surface area contributed by atoms with Crippen LogP contribution >= 0.6 is 0 Å². The Morgan fingerprint density at radius 2 is 2.00 bits per heavy atom. The second-order valence-electron chi connectivity index (χ2n) is 4.37. The molecule has 6 nitrogen and oxygen atoms in total. The van der Waals surface area contributed by atoms with Gasteiger partial charge in [0.15, 0.2) is 0 Å². The summed E-state index contributed by atoms with van der Waals surface area (Å²) in [6.45, 7) is 0. The zero-order chi connectivity index (χ0) is 13.1. The topological polar surface area (TPSA) is 73.5 Å². The molecule has 3 N–H and O–H groups in total. The van der Waals surface area contributed by atoms with Gasteiger partial charge in [0.1, 0.15) is 6.04 Å². The van der Waals surface area contributed by atoms with Crippen molar-refractivity contribution in [3.05, 3.63) is 24.3 Å². The van der Waals surface area contributed by atoms with Gasteiger partial charge in [0.05, 0.1) is 17.8 Å². The van der Waals surface area contributed by atoms with E-state index in [2.05, 4.69) is 16.1 Å². The first kappa shape index (κ1) is 12.4. The Kier molecular flexibility index (Phi) is 3.47. The fourth-order valence-corrected chi connectivity index (χ4v) is 1.82. The predicted octanol–water partition coefficient (Wildman–Crippen LogP) is 0.402. The summed E-state index contributed by atoms with van der Waals surface area (Å²) in [5, 5.41) is 7.39. The van der Waals surface area contributed by atoms with E-state index >= 15 is 0 Å². The molecule has 0 radical (unpaired) electrons. The number of rotatable bonds is 3. The van der Waals surface area contributed by atoms with Crippen molar-refractivity contribution >= 4 is 23.2 Å². The molecule has 2 rings (SSSR count). The van der Waals surface area contributed by atoms with Crippen LogP contribution in [0.4, 0.5) is 11.4 Å². The van der Waals surface area contributed by atoms with E-state index in [0.29, 0.717) is 0 Å². The van der Waals surface area contributed by atoms with Crippen molar-refractivity contribution in [1.82, 2.24) is 10.4 Å². The monoisotopic (exact) mass is 248 g/mol. The number of benzene rings is 1. The first-order valence-corrected chi connectivity index (χ1v) is 5.69. The van der Waals surface area contributed by atoms with Crippen LogP contribution in [0, 0.1) is 0 Å². The van der Waals surface area contributed by atoms with Crippen molar-refractivity contribution in [1.29, 1.82) is 0 Å². The van der Waals surface area contributed by atoms with E-state index in [0.717, 1.165) is 11.4 Å². The SMILES string of the molecule is CN(C)NC(=O)CC1Nc2ccccc2NC1=O. The van der Waals surface area contributed by atoms with Crippen molar-refractivity contribution in [2.75, 3.05) is 24.7 Å². The molecule has 1 heterocycles. The zero-order valence-corrected chi connectivity index (χ0v) is 10.4. The number of carbonyl (C=O) groups is 2. The summed E-state index contributed by atoms with van der Waals surface area (Å²) in [5.74, 6) is -0.394. The van der Waals surface area contributed by atoms with Gasteiger partial charge in [-0.05, 0) is 12.1 Å². The number of para-hydroxylation sites is 2. The summed E-state index contributed by atoms with van der Waals surface area (Å²) in [6, 6.07) is 6.86. The normalized spacial score (nSPS) is 17.7. The molecule has 0 spiro atoms. The lowest BCUT2D eigenvalue weighted by Crippen LogP contribution is -2.44. The fraction of sp³-hybridized carbons (Fsp3) is 0.333. The van der Waals surface area contributed by atoms with Crippen LogP contribution in [-0.2, 0) is 9.59 Å². The first-order valence-electron chi connectivity index (χ1n) is 5.69. The first-order chi connectivity index (χ1) is 8.56. The lowest BCUT2D eigenvalue weighted by atomic mass is 10.1. The highest BCUT2D eigenvalue weighted by Crippen LogP contribution is 2.26. The van der Waals surface area contributed by atoms with Crippen molar-refractivity contribution in [3.63, 3.8) is 0 Å². The van der Waals surface area contributed by atoms with Crippen LogP contribution in [0.15, 0.2) is 24.3 Å². The summed E-state index contributed by atoms with van der Waals surface area (Å²) < 4.78 is 0. The van der Waals surface area contributed by atoms with E-state index in [1.54, 1.807) is 19.1 Å². The Hall–Kier alpha value is -2.08. The van der Waals surface area contributed by atoms with Crippen LogP contribution < -0.4 is 16.1 Å². The molecule has 0 saturated carbocycles. The number of hydrogen-bond donors (Lipinski definition) is 3. The number of amides is 2. The molecule has 1 aromatic carbocycles. The summed E-state index contributed by atoms with van der Waals surface area (Å²) in [4.78, 5) is 23.4. The maximum absolute atomic E-state index is 11.8. The maximum atomic E-state index is 11.8. The minimum atomic E-state index is -0.542. The average Bonchev–Trinajstić information content (AvgIpc) is 2.29. The van der Waals surface area contributed by atoms with Crippen molar-refractivity contribution in [2.45, 2.75) is 12.5 Å². The standard InChI is InChI=1S/C12H16N4O2/c1-16(2)15-11(17)7-10-12(18)14-9-6-4-3-5-8(9)13-10/h3-6,10,13H,7H2,1-2H3,(H,14,18)(H,15,17). The number of anilines is 2. The molecule has 0 aromatic heterocycles. The summed E-state index contributed by atoms with van der Waals surface area (Å²) >= 11 is 0. The Morgan fingerprint density at radius 1 is 1.33 bits per heavy atom. The van der Waals surface area contributed by atoms with E-state index in [1.807, 2.05) is 24.3 Å². The minimum absolute atomic E-state index is 0.0956. The molecule has 2 amide bonds. The largest absolute Gasteiger partial charge is 0.372 e. The van der Waals surface area contributed by atoms with Gasteiger partial charge in [-0.25, -0.2) is 5.01 Å². The van der Waals surface area contributed by atoms with Gasteiger partial charge in [-0.2, -0.15) is 0 Å². The van der Waals surface area contributed by atoms with E-state index in [9.17, 15) is 9.59 Å². The number of nitrogens with zero attached hydrogens (tertiary/aromatic N) is 1. The van der Waals surface area contributed by atoms with Crippen LogP contribution in [0.5, 0.6) is 0 Å². The number of hydrazine groups is 1. The highest BCUT2D eigenvalue weighted by molar-refractivity contribution is 6.04. The lowest BCUT2D eigenvalue weighted by Gasteiger charge is -2.26. The third-order valence-corrected chi connectivity index (χ3v) is 2.57. The second kappa shape index (κ2) is 5.05. The van der Waals surface area contributed by atoms with Gasteiger partial charge >= 0.3 is 0 Å². The summed E-state index contributed by atoms with van der Waals surface area (Å²) in [6.07, 6.45) is 0.0956. The number of fused-ring (bicyclic) bond motifs is 1. The van der Waals surface area contributed by atoms with Crippen LogP contribution in [0.3, 0.4) is 0 Å². The molecule has 0 fully saturated rings. The number of carbonyl (C=O) groups excluding carboxylic acids is 2. The van der Waals surface area contributed by atoms with Crippen LogP contribution in [-0.4, -0.2) is 37.0 Å². The van der Waals surface area contributed by atoms with E-state index in [-0.39, 0.29) is 18.2 Å². The van der Waals surface area contributed by atoms with Crippen molar-refractivity contribution < 1.29 is 9.59 Å². The smallest absolute Gasteiger partial charge is 0.247 e. The minimum Gasteiger partial charge on any atom is -0.372 e. The molecular formula is C12H16N4O2. The van der Waals surface area contributed by atoms with Crippen LogP contribution in [0.25, 0.3) is 0 Å². The second-order valence-corrected chi connectivity index (χ2v) is 4.37. The third kappa shape index (κ3) is 2.78. The molecular weight excluding hydrogens is 232 g/mol. The molecule has 0 saturated heterocycles. The van der Waals surface area contributed by atoms with Crippen molar-refractivity contribution in [2.24, 2.45) is 0 Å². The maximum Gasteiger partial charge on any atom is 0.247 e. The van der Waals surface area contributed by atoms with Crippen LogP contribution in [0.2, 0.25) is 0 Å². The Bertz CT molecular complexity index is 473. The van der Waals surface area contributed by atoms with Crippen LogP contribution in [0.1, 0.15) is 6.42 Å². The molecule has 6 heteroatoms. The van der Waals surface area contributed by atoms with Crippen molar-refractivity contribution in [3.8, 4) is 0 Å². The van der Waals surface area contributed by atoms with E-state index in [4.69, 9.17) is 0 Å². The Morgan fingerprint density at radius 3 is 2.67 bits per heavy atom. The van der Waals surface area contributed by atoms with Gasteiger partial charge < -0.3 is 10.6 Å². The molecule has 1 aromatic rings. The third-order valence-electron chi connectivity index (χ3n) is 2.57. The Balaban J connectivity index is 2.04. The van der Waals surface area contributed by atoms with Gasteiger partial charge in [0.25, 0.3) is 0 Å². The van der Waals surface area contributed by atoms with Gasteiger partial charge in [0.2, 0.25) is 11.8 Å². The number of nitrogens with one attached hydrogen (secondary N) is 3. The Labute approximate surface area is 105 Å². The molecule has 1 atom stereocenters.